The van der Waals surface area contributed by atoms with E-state index in [-0.39, 0.29) is 5.91 Å². The van der Waals surface area contributed by atoms with Gasteiger partial charge in [0.25, 0.3) is 5.91 Å². The van der Waals surface area contributed by atoms with E-state index in [0.717, 1.165) is 43.4 Å². The van der Waals surface area contributed by atoms with Gasteiger partial charge < -0.3 is 5.32 Å². The number of hydrogen-bond acceptors (Lipinski definition) is 2. The van der Waals surface area contributed by atoms with Gasteiger partial charge in [0.05, 0.1) is 16.8 Å². The molecule has 0 fully saturated rings. The average Bonchev–Trinajstić information content (AvgIpc) is 2.70. The monoisotopic (exact) mass is 478 g/mol. The topological polar surface area (TPSA) is 42.0 Å². The molecule has 0 bridgehead atoms. The highest BCUT2D eigenvalue weighted by Crippen LogP contribution is 2.30. The first-order valence-corrected chi connectivity index (χ1v) is 10.7. The van der Waals surface area contributed by atoms with Crippen molar-refractivity contribution in [1.29, 1.82) is 0 Å². The first kappa shape index (κ1) is 20.6. The lowest BCUT2D eigenvalue weighted by Gasteiger charge is -2.13. The van der Waals surface area contributed by atoms with Crippen LogP contribution in [0.25, 0.3) is 22.2 Å². The van der Waals surface area contributed by atoms with E-state index in [4.69, 9.17) is 16.6 Å². The number of amides is 1. The highest BCUT2D eigenvalue weighted by molar-refractivity contribution is 9.10. The number of pyridine rings is 1. The van der Waals surface area contributed by atoms with Crippen molar-refractivity contribution in [1.82, 2.24) is 4.98 Å². The van der Waals surface area contributed by atoms with Crippen molar-refractivity contribution in [3.05, 3.63) is 92.4 Å². The number of hydrogen-bond donors (Lipinski definition) is 1. The molecular formula is C25H20BrClN2O. The maximum atomic E-state index is 13.3. The van der Waals surface area contributed by atoms with Crippen molar-refractivity contribution in [3.8, 4) is 11.3 Å². The van der Waals surface area contributed by atoms with E-state index in [2.05, 4.69) is 28.2 Å². The maximum Gasteiger partial charge on any atom is 0.256 e. The molecule has 150 valence electrons. The first-order valence-electron chi connectivity index (χ1n) is 9.57. The molecule has 1 aromatic heterocycles. The molecular weight excluding hydrogens is 460 g/mol. The van der Waals surface area contributed by atoms with Crippen molar-refractivity contribution < 1.29 is 4.79 Å². The van der Waals surface area contributed by atoms with E-state index < -0.39 is 0 Å². The summed E-state index contributed by atoms with van der Waals surface area (Å²) in [5.41, 5.74) is 7.10. The minimum absolute atomic E-state index is 0.168. The summed E-state index contributed by atoms with van der Waals surface area (Å²) in [7, 11) is 0. The van der Waals surface area contributed by atoms with E-state index in [1.165, 1.54) is 5.56 Å². The number of halogens is 2. The minimum atomic E-state index is -0.168. The highest BCUT2D eigenvalue weighted by atomic mass is 79.9. The number of aromatic nitrogens is 1. The molecule has 0 unspecified atom stereocenters. The molecule has 1 heterocycles. The summed E-state index contributed by atoms with van der Waals surface area (Å²) in [6.07, 6.45) is 0. The van der Waals surface area contributed by atoms with Crippen LogP contribution in [0.3, 0.4) is 0 Å². The number of benzene rings is 3. The predicted molar refractivity (Wildman–Crippen MR) is 128 cm³/mol. The third kappa shape index (κ3) is 4.11. The standard InChI is InChI=1S/C25H20BrClN2O/c1-14-4-9-20(11-15(14)2)28-25(30)22-13-23(17-5-7-19(27)8-6-17)29-24-16(3)10-18(26)12-21(22)24/h4-13H,1-3H3,(H,28,30). The first-order chi connectivity index (χ1) is 14.3. The molecule has 1 N–H and O–H groups in total. The SMILES string of the molecule is Cc1ccc(NC(=O)c2cc(-c3ccc(Cl)cc3)nc3c(C)cc(Br)cc23)cc1C. The lowest BCUT2D eigenvalue weighted by atomic mass is 10.0. The predicted octanol–water partition coefficient (Wildman–Crippen LogP) is 7.50. The van der Waals surface area contributed by atoms with Crippen LogP contribution in [-0.4, -0.2) is 10.9 Å². The number of aryl methyl sites for hydroxylation is 3. The molecule has 0 spiro atoms. The van der Waals surface area contributed by atoms with Crippen LogP contribution in [0.1, 0.15) is 27.0 Å². The van der Waals surface area contributed by atoms with Gasteiger partial charge in [-0.15, -0.1) is 0 Å². The van der Waals surface area contributed by atoms with Gasteiger partial charge in [-0.3, -0.25) is 4.79 Å². The van der Waals surface area contributed by atoms with Crippen molar-refractivity contribution in [2.45, 2.75) is 20.8 Å². The Labute approximate surface area is 189 Å². The van der Waals surface area contributed by atoms with Crippen LogP contribution in [-0.2, 0) is 0 Å². The van der Waals surface area contributed by atoms with E-state index in [0.29, 0.717) is 10.6 Å². The Morgan fingerprint density at radius 3 is 2.33 bits per heavy atom. The lowest BCUT2D eigenvalue weighted by molar-refractivity contribution is 0.102. The lowest BCUT2D eigenvalue weighted by Crippen LogP contribution is -2.13. The average molecular weight is 480 g/mol. The van der Waals surface area contributed by atoms with E-state index in [1.54, 1.807) is 0 Å². The molecule has 0 saturated heterocycles. The zero-order valence-corrected chi connectivity index (χ0v) is 19.2. The number of carbonyl (C=O) groups excluding carboxylic acids is 1. The number of rotatable bonds is 3. The van der Waals surface area contributed by atoms with Gasteiger partial charge >= 0.3 is 0 Å². The molecule has 0 aliphatic carbocycles. The van der Waals surface area contributed by atoms with Crippen LogP contribution in [0.5, 0.6) is 0 Å². The Bertz CT molecular complexity index is 1280. The van der Waals surface area contributed by atoms with Crippen molar-refractivity contribution in [3.63, 3.8) is 0 Å². The zero-order chi connectivity index (χ0) is 21.4. The number of nitrogens with one attached hydrogen (secondary N) is 1. The summed E-state index contributed by atoms with van der Waals surface area (Å²) in [6.45, 7) is 6.08. The van der Waals surface area contributed by atoms with Gasteiger partial charge in [0.2, 0.25) is 0 Å². The van der Waals surface area contributed by atoms with Crippen LogP contribution >= 0.6 is 27.5 Å². The molecule has 0 atom stereocenters. The third-order valence-corrected chi connectivity index (χ3v) is 5.93. The number of carbonyl (C=O) groups is 1. The van der Waals surface area contributed by atoms with E-state index in [9.17, 15) is 4.79 Å². The molecule has 4 rings (SSSR count). The zero-order valence-electron chi connectivity index (χ0n) is 16.9. The van der Waals surface area contributed by atoms with E-state index >= 15 is 0 Å². The molecule has 5 heteroatoms. The van der Waals surface area contributed by atoms with Crippen LogP contribution < -0.4 is 5.32 Å². The van der Waals surface area contributed by atoms with Crippen molar-refractivity contribution >= 4 is 50.0 Å². The summed E-state index contributed by atoms with van der Waals surface area (Å²) in [6, 6.07) is 19.2. The molecule has 0 radical (unpaired) electrons. The molecule has 0 saturated carbocycles. The summed E-state index contributed by atoms with van der Waals surface area (Å²) in [5, 5.41) is 4.51. The van der Waals surface area contributed by atoms with Crippen LogP contribution in [0.2, 0.25) is 5.02 Å². The largest absolute Gasteiger partial charge is 0.322 e. The second-order valence-electron chi connectivity index (χ2n) is 7.43. The molecule has 3 aromatic carbocycles. The van der Waals surface area contributed by atoms with Crippen LogP contribution in [0, 0.1) is 20.8 Å². The summed E-state index contributed by atoms with van der Waals surface area (Å²) < 4.78 is 0.911. The normalized spacial score (nSPS) is 11.0. The Morgan fingerprint density at radius 1 is 0.900 bits per heavy atom. The van der Waals surface area contributed by atoms with E-state index in [1.807, 2.05) is 74.5 Å². The van der Waals surface area contributed by atoms with Gasteiger partial charge in [0, 0.05) is 26.1 Å². The smallest absolute Gasteiger partial charge is 0.256 e. The maximum absolute atomic E-state index is 13.3. The molecule has 0 aliphatic rings. The molecule has 30 heavy (non-hydrogen) atoms. The molecule has 0 aliphatic heterocycles. The fourth-order valence-corrected chi connectivity index (χ4v) is 4.13. The molecule has 3 nitrogen and oxygen atoms in total. The third-order valence-electron chi connectivity index (χ3n) is 5.22. The summed E-state index contributed by atoms with van der Waals surface area (Å²) in [5.74, 6) is -0.168. The van der Waals surface area contributed by atoms with Gasteiger partial charge in [-0.25, -0.2) is 4.98 Å². The highest BCUT2D eigenvalue weighted by Gasteiger charge is 2.16. The molecule has 1 amide bonds. The van der Waals surface area contributed by atoms with Gasteiger partial charge in [0.15, 0.2) is 0 Å². The van der Waals surface area contributed by atoms with Crippen molar-refractivity contribution in [2.24, 2.45) is 0 Å². The summed E-state index contributed by atoms with van der Waals surface area (Å²) >= 11 is 9.59. The Morgan fingerprint density at radius 2 is 1.63 bits per heavy atom. The Kier molecular flexibility index (Phi) is 5.63. The number of anilines is 1. The quantitative estimate of drug-likeness (QED) is 0.330. The number of nitrogens with zero attached hydrogens (tertiary/aromatic N) is 1. The fraction of sp³-hybridized carbons (Fsp3) is 0.120. The van der Waals surface area contributed by atoms with Gasteiger partial charge in [-0.2, -0.15) is 0 Å². The molecule has 4 aromatic rings. The second-order valence-corrected chi connectivity index (χ2v) is 8.79. The van der Waals surface area contributed by atoms with Gasteiger partial charge in [0.1, 0.15) is 0 Å². The Hall–Kier alpha value is -2.69. The second kappa shape index (κ2) is 8.21. The fourth-order valence-electron chi connectivity index (χ4n) is 3.43. The minimum Gasteiger partial charge on any atom is -0.322 e. The number of fused-ring (bicyclic) bond motifs is 1. The summed E-state index contributed by atoms with van der Waals surface area (Å²) in [4.78, 5) is 18.2. The van der Waals surface area contributed by atoms with Gasteiger partial charge in [-0.1, -0.05) is 45.7 Å². The van der Waals surface area contributed by atoms with Gasteiger partial charge in [-0.05, 0) is 79.9 Å². The van der Waals surface area contributed by atoms with Crippen LogP contribution in [0.4, 0.5) is 5.69 Å². The Balaban J connectivity index is 1.86. The van der Waals surface area contributed by atoms with Crippen LogP contribution in [0.15, 0.2) is 65.1 Å². The van der Waals surface area contributed by atoms with Crippen molar-refractivity contribution in [2.75, 3.05) is 5.32 Å².